The number of hydrogen-bond acceptors (Lipinski definition) is 12. The van der Waals surface area contributed by atoms with Crippen LogP contribution in [0.1, 0.15) is 224 Å². The Kier molecular flexibility index (Phi) is 25.6. The van der Waals surface area contributed by atoms with Crippen LogP contribution in [0, 0.1) is 0 Å². The first kappa shape index (κ1) is 69.4. The zero-order valence-electron chi connectivity index (χ0n) is 47.8. The molecule has 0 aliphatic carbocycles. The fourth-order valence-electron chi connectivity index (χ4n) is 6.64. The summed E-state index contributed by atoms with van der Waals surface area (Å²) in [7, 11) is 4.00. The first-order valence-corrected chi connectivity index (χ1v) is 23.1. The number of hydrogen-bond donors (Lipinski definition) is 4. The molecule has 0 aliphatic heterocycles. The molecule has 0 bridgehead atoms. The summed E-state index contributed by atoms with van der Waals surface area (Å²) in [6, 6.07) is 8.06. The average Bonchev–Trinajstić information content (AvgIpc) is 3.99. The maximum Gasteiger partial charge on any atom is 2.00 e. The second kappa shape index (κ2) is 25.5. The molecule has 0 atom stereocenters. The zero-order chi connectivity index (χ0) is 54.9. The molecule has 4 aromatic rings. The van der Waals surface area contributed by atoms with E-state index in [2.05, 4.69) is 166 Å². The number of carboxylic acids is 2. The molecule has 400 valence electrons. The monoisotopic (exact) mass is 1020 g/mol. The van der Waals surface area contributed by atoms with Crippen molar-refractivity contribution in [3.63, 3.8) is 0 Å². The van der Waals surface area contributed by atoms with Crippen molar-refractivity contribution in [3.05, 3.63) is 69.8 Å². The van der Waals surface area contributed by atoms with Gasteiger partial charge in [0.2, 0.25) is 0 Å². The first-order valence-electron chi connectivity index (χ1n) is 23.1. The van der Waals surface area contributed by atoms with Crippen LogP contribution in [0.2, 0.25) is 0 Å². The van der Waals surface area contributed by atoms with E-state index in [4.69, 9.17) is 40.8 Å². The fourth-order valence-corrected chi connectivity index (χ4v) is 6.64. The minimum absolute atomic E-state index is 0. The minimum atomic E-state index is -1.22. The molecule has 4 heterocycles. The van der Waals surface area contributed by atoms with Gasteiger partial charge in [-0.2, -0.15) is 20.4 Å². The van der Waals surface area contributed by atoms with Gasteiger partial charge in [0.05, 0.1) is 34.7 Å². The van der Waals surface area contributed by atoms with E-state index in [1.54, 1.807) is 18.7 Å². The van der Waals surface area contributed by atoms with E-state index in [9.17, 15) is 19.8 Å². The summed E-state index contributed by atoms with van der Waals surface area (Å²) < 4.78 is 6.41. The van der Waals surface area contributed by atoms with Crippen molar-refractivity contribution < 1.29 is 56.7 Å². The van der Waals surface area contributed by atoms with E-state index in [0.29, 0.717) is 0 Å². The van der Waals surface area contributed by atoms with E-state index in [1.807, 2.05) is 24.3 Å². The van der Waals surface area contributed by atoms with Gasteiger partial charge >= 0.3 is 16.5 Å². The molecule has 4 rings (SSSR count). The Hall–Kier alpha value is -3.89. The normalized spacial score (nSPS) is 12.4. The Labute approximate surface area is 426 Å². The topological polar surface area (TPSA) is 232 Å². The minimum Gasteiger partial charge on any atom is -0.546 e. The first-order chi connectivity index (χ1) is 30.5. The van der Waals surface area contributed by atoms with Gasteiger partial charge in [0, 0.05) is 94.5 Å². The largest absolute Gasteiger partial charge is 2.00 e. The van der Waals surface area contributed by atoms with Crippen LogP contribution >= 0.6 is 0 Å². The van der Waals surface area contributed by atoms with Crippen molar-refractivity contribution >= 4 is 11.9 Å². The van der Waals surface area contributed by atoms with E-state index < -0.39 is 24.3 Å². The predicted molar refractivity (Wildman–Crippen MR) is 270 cm³/mol. The molecule has 0 amide bonds. The van der Waals surface area contributed by atoms with Crippen LogP contribution in [0.4, 0.5) is 0 Å². The Morgan fingerprint density at radius 1 is 0.348 bits per heavy atom. The van der Waals surface area contributed by atoms with Gasteiger partial charge in [-0.05, 0) is 24.3 Å². The Morgan fingerprint density at radius 2 is 0.478 bits per heavy atom. The molecule has 0 radical (unpaired) electrons. The van der Waals surface area contributed by atoms with Gasteiger partial charge in [0.15, 0.2) is 12.3 Å². The number of carbonyl (C=O) groups is 2. The van der Waals surface area contributed by atoms with Gasteiger partial charge in [-0.1, -0.05) is 166 Å². The van der Waals surface area contributed by atoms with Gasteiger partial charge in [0.1, 0.15) is 0 Å². The van der Waals surface area contributed by atoms with Gasteiger partial charge in [-0.25, -0.2) is 18.7 Å². The van der Waals surface area contributed by atoms with Gasteiger partial charge in [-0.15, -0.1) is 0 Å². The standard InChI is InChI=1S/2C24H40N4O2.4CH4O.Ni/c2*1-21(2,3)15-13-17(23(7,8)9)27(25-15)19(20(29)30)28-18(24(10,11)12)14-16(26-28)22(4,5)6;4*1-2;/h2*13-14,19H,1-12H3,(H,29,30);4*2H,1H3;/q;;;;;;+2/p-2. The number of aromatic nitrogens is 8. The maximum atomic E-state index is 12.5. The summed E-state index contributed by atoms with van der Waals surface area (Å²) in [5.74, 6) is -2.45. The number of carboxylic acid groups (broad SMARTS) is 2. The third kappa shape index (κ3) is 18.3. The average molecular weight is 1020 g/mol. The maximum absolute atomic E-state index is 12.5. The molecule has 4 aromatic heterocycles. The Bertz CT molecular complexity index is 1880. The summed E-state index contributed by atoms with van der Waals surface area (Å²) in [6.07, 6.45) is -2.33. The van der Waals surface area contributed by atoms with E-state index >= 15 is 0 Å². The second-order valence-electron chi connectivity index (χ2n) is 24.8. The summed E-state index contributed by atoms with van der Waals surface area (Å²) in [4.78, 5) is 25.1. The van der Waals surface area contributed by atoms with E-state index in [1.165, 1.54) is 0 Å². The number of aliphatic hydroxyl groups is 4. The molecule has 0 aromatic carbocycles. The van der Waals surface area contributed by atoms with Gasteiger partial charge in [0.25, 0.3) is 0 Å². The molecule has 0 saturated carbocycles. The third-order valence-electron chi connectivity index (χ3n) is 10.4. The molecule has 4 N–H and O–H groups in total. The Balaban J connectivity index is -0.00000109. The molecular weight excluding hydrogens is 923 g/mol. The molecule has 0 spiro atoms. The van der Waals surface area contributed by atoms with Crippen molar-refractivity contribution in [2.75, 3.05) is 28.4 Å². The van der Waals surface area contributed by atoms with Crippen LogP contribution in [-0.4, -0.2) is 99.9 Å². The van der Waals surface area contributed by atoms with Crippen LogP contribution in [-0.2, 0) is 69.4 Å². The molecule has 0 aliphatic rings. The quantitative estimate of drug-likeness (QED) is 0.150. The van der Waals surface area contributed by atoms with Gasteiger partial charge < -0.3 is 40.2 Å². The predicted octanol–water partition coefficient (Wildman–Crippen LogP) is 6.56. The number of carbonyl (C=O) groups excluding carboxylic acids is 2. The van der Waals surface area contributed by atoms with Gasteiger partial charge in [-0.3, -0.25) is 0 Å². The molecular formula is C52H94N8NiO8. The van der Waals surface area contributed by atoms with E-state index in [0.717, 1.165) is 74.0 Å². The summed E-state index contributed by atoms with van der Waals surface area (Å²) in [5, 5.41) is 72.2. The molecule has 69 heavy (non-hydrogen) atoms. The van der Waals surface area contributed by atoms with Crippen LogP contribution < -0.4 is 10.2 Å². The van der Waals surface area contributed by atoms with Crippen molar-refractivity contribution in [3.8, 4) is 0 Å². The van der Waals surface area contributed by atoms with Crippen LogP contribution in [0.15, 0.2) is 24.3 Å². The molecule has 0 unspecified atom stereocenters. The molecule has 0 fully saturated rings. The molecule has 16 nitrogen and oxygen atoms in total. The van der Waals surface area contributed by atoms with Crippen molar-refractivity contribution in [2.24, 2.45) is 0 Å². The number of aliphatic carboxylic acids is 2. The van der Waals surface area contributed by atoms with Crippen LogP contribution in [0.3, 0.4) is 0 Å². The molecule has 0 saturated heterocycles. The summed E-state index contributed by atoms with van der Waals surface area (Å²) in [6.45, 7) is 49.7. The zero-order valence-corrected chi connectivity index (χ0v) is 48.8. The van der Waals surface area contributed by atoms with Crippen molar-refractivity contribution in [1.29, 1.82) is 0 Å². The van der Waals surface area contributed by atoms with Crippen LogP contribution in [0.5, 0.6) is 0 Å². The van der Waals surface area contributed by atoms with Crippen molar-refractivity contribution in [2.45, 2.75) is 222 Å². The van der Waals surface area contributed by atoms with E-state index in [-0.39, 0.29) is 59.8 Å². The summed E-state index contributed by atoms with van der Waals surface area (Å²) in [5.41, 5.74) is 4.70. The Morgan fingerprint density at radius 3 is 0.565 bits per heavy atom. The summed E-state index contributed by atoms with van der Waals surface area (Å²) >= 11 is 0. The fraction of sp³-hybridized carbons (Fsp3) is 0.731. The number of aliphatic hydroxyl groups excluding tert-OH is 4. The smallest absolute Gasteiger partial charge is 0.546 e. The SMILES string of the molecule is CC(C)(C)c1cc(C(C)(C)C)n(C(C(=O)[O-])n2nc(C(C)(C)C)cc2C(C)(C)C)n1.CC(C)(C)c1cc(C(C)(C)C)n(C(C(=O)[O-])n2nc(C(C)(C)C)cc2C(C)(C)C)n1.CO.CO.CO.CO.[Ni+2]. The molecule has 17 heteroatoms. The van der Waals surface area contributed by atoms with Crippen LogP contribution in [0.25, 0.3) is 0 Å². The second-order valence-corrected chi connectivity index (χ2v) is 24.8. The third-order valence-corrected chi connectivity index (χ3v) is 10.4. The van der Waals surface area contributed by atoms with Crippen molar-refractivity contribution in [1.82, 2.24) is 39.1 Å². The number of rotatable bonds is 6. The number of nitrogens with zero attached hydrogens (tertiary/aromatic N) is 8.